The van der Waals surface area contributed by atoms with Crippen LogP contribution < -0.4 is 20.4 Å². The van der Waals surface area contributed by atoms with Gasteiger partial charge in [-0.25, -0.2) is 0 Å². The molecule has 30 heteroatoms. The van der Waals surface area contributed by atoms with E-state index in [1.165, 1.54) is 98.1 Å². The summed E-state index contributed by atoms with van der Waals surface area (Å²) in [7, 11) is 0. The van der Waals surface area contributed by atoms with Gasteiger partial charge in [0.2, 0.25) is 0 Å². The molecule has 8 heterocycles. The summed E-state index contributed by atoms with van der Waals surface area (Å²) < 4.78 is 0. The first-order valence-corrected chi connectivity index (χ1v) is 19.0. The monoisotopic (exact) mass is 1110 g/mol. The Morgan fingerprint density at radius 1 is 0.284 bits per heavy atom. The minimum atomic E-state index is -2.39. The molecule has 8 rings (SSSR count). The largest absolute Gasteiger partial charge is 3.00 e. The van der Waals surface area contributed by atoms with Crippen molar-refractivity contribution in [2.75, 3.05) is 0 Å². The van der Waals surface area contributed by atoms with E-state index in [2.05, 4.69) is 39.9 Å². The van der Waals surface area contributed by atoms with Crippen molar-refractivity contribution in [1.82, 2.24) is 39.9 Å². The molecule has 0 saturated heterocycles. The predicted octanol–water partition coefficient (Wildman–Crippen LogP) is -3.66. The molecule has 0 fully saturated rings. The maximum atomic E-state index is 11.9. The quantitative estimate of drug-likeness (QED) is 0.0493. The molecule has 0 saturated carbocycles. The normalized spacial score (nSPS) is 9.84. The minimum absolute atomic E-state index is 0. The molecule has 0 aliphatic carbocycles. The van der Waals surface area contributed by atoms with Crippen molar-refractivity contribution in [2.24, 2.45) is 0 Å². The Morgan fingerprint density at radius 3 is 0.446 bits per heavy atom. The first kappa shape index (κ1) is 72.7. The SMILES string of the molecule is O.O.O.O.O=[N+]([O-])[O-].O=[N+]([O-])[O-].[Fe+3].[Fe+3].[O-]C(O)(c1ccccn1)c1ccccn1.[O-]C(O)(c1ccccn1)c1ccccn1.[O-]C(O)(c1ccccn1)c1ccccn1.[O-]C(O)(c1ccccn1)c1ccccn1. The first-order valence-electron chi connectivity index (χ1n) is 19.0. The average Bonchev–Trinajstić information content (AvgIpc) is 3.36. The van der Waals surface area contributed by atoms with E-state index in [0.29, 0.717) is 0 Å². The van der Waals surface area contributed by atoms with Gasteiger partial charge < -0.3 is 93.4 Å². The molecule has 0 bridgehead atoms. The Hall–Kier alpha value is -7.84. The molecule has 2 radical (unpaired) electrons. The van der Waals surface area contributed by atoms with Crippen molar-refractivity contribution in [1.29, 1.82) is 0 Å². The van der Waals surface area contributed by atoms with Crippen LogP contribution >= 0.6 is 0 Å². The average molecular weight is 1110 g/mol. The van der Waals surface area contributed by atoms with Crippen LogP contribution in [0.3, 0.4) is 0 Å². The molecule has 0 unspecified atom stereocenters. The molecule has 0 amide bonds. The molecule has 28 nitrogen and oxygen atoms in total. The molecule has 8 aromatic heterocycles. The topological polar surface area (TPSA) is 535 Å². The number of aliphatic hydroxyl groups is 4. The molecule has 0 aliphatic heterocycles. The number of rotatable bonds is 8. The van der Waals surface area contributed by atoms with Crippen molar-refractivity contribution >= 4 is 0 Å². The van der Waals surface area contributed by atoms with E-state index in [9.17, 15) is 40.9 Å². The Labute approximate surface area is 439 Å². The molecule has 0 aromatic carbocycles. The Morgan fingerprint density at radius 2 is 0.378 bits per heavy atom. The zero-order chi connectivity index (χ0) is 50.1. The number of nitrogens with zero attached hydrogens (tertiary/aromatic N) is 10. The van der Waals surface area contributed by atoms with Crippen molar-refractivity contribution in [3.63, 3.8) is 0 Å². The smallest absolute Gasteiger partial charge is 0.819 e. The number of pyridine rings is 8. The van der Waals surface area contributed by atoms with Crippen molar-refractivity contribution < 1.29 is 107 Å². The van der Waals surface area contributed by atoms with Crippen LogP contribution in [0.4, 0.5) is 0 Å². The molecule has 0 aliphatic rings. The van der Waals surface area contributed by atoms with Gasteiger partial charge in [-0.05, 0) is 97.1 Å². The van der Waals surface area contributed by atoms with Crippen LogP contribution in [-0.2, 0) is 57.3 Å². The summed E-state index contributed by atoms with van der Waals surface area (Å²) in [6.45, 7) is 0. The number of hydrogen-bond donors (Lipinski definition) is 4. The standard InChI is InChI=1S/4C11H9N2O2.2Fe.2NO3.4H2O/c4*14-11(15,9-5-1-3-7-12-9)10-6-2-4-8-13-10;;;2*2-1(3)4;;;;/h4*1-8,14H;;;;;4*1H2/q4*-1;2*+3;2*-1;;;;. The van der Waals surface area contributed by atoms with E-state index >= 15 is 0 Å². The van der Waals surface area contributed by atoms with Crippen LogP contribution in [0, 0.1) is 30.6 Å². The molecule has 8 aromatic rings. The van der Waals surface area contributed by atoms with Crippen LogP contribution in [0.5, 0.6) is 0 Å². The molecular weight excluding hydrogens is 1070 g/mol. The van der Waals surface area contributed by atoms with Gasteiger partial charge in [-0.1, -0.05) is 48.5 Å². The summed E-state index contributed by atoms with van der Waals surface area (Å²) in [5.74, 6) is -9.55. The van der Waals surface area contributed by atoms with Gasteiger partial charge >= 0.3 is 34.1 Å². The minimum Gasteiger partial charge on any atom is -0.819 e. The first-order chi connectivity index (χ1) is 32.3. The van der Waals surface area contributed by atoms with Gasteiger partial charge in [-0.15, -0.1) is 0 Å². The van der Waals surface area contributed by atoms with Gasteiger partial charge in [-0.3, -0.25) is 39.9 Å². The Kier molecular flexibility index (Phi) is 35.5. The van der Waals surface area contributed by atoms with E-state index < -0.39 is 33.3 Å². The van der Waals surface area contributed by atoms with Crippen LogP contribution in [0.15, 0.2) is 195 Å². The van der Waals surface area contributed by atoms with Crippen molar-refractivity contribution in [2.45, 2.75) is 23.1 Å². The maximum absolute atomic E-state index is 11.9. The van der Waals surface area contributed by atoms with E-state index in [0.717, 1.165) is 0 Å². The van der Waals surface area contributed by atoms with Crippen molar-refractivity contribution in [3.8, 4) is 0 Å². The fourth-order valence-corrected chi connectivity index (χ4v) is 5.03. The number of aromatic nitrogens is 8. The van der Waals surface area contributed by atoms with Crippen LogP contribution in [0.25, 0.3) is 0 Å². The molecular formula is C44H44Fe2N10O18. The zero-order valence-corrected chi connectivity index (χ0v) is 39.7. The molecule has 74 heavy (non-hydrogen) atoms. The summed E-state index contributed by atoms with van der Waals surface area (Å²) in [6, 6.07) is 38.4. The zero-order valence-electron chi connectivity index (χ0n) is 37.5. The molecule has 394 valence electrons. The fraction of sp³-hybridized carbons (Fsp3) is 0.0909. The summed E-state index contributed by atoms with van der Waals surface area (Å²) >= 11 is 0. The molecule has 0 spiro atoms. The van der Waals surface area contributed by atoms with E-state index in [1.54, 1.807) is 97.1 Å². The van der Waals surface area contributed by atoms with Crippen molar-refractivity contribution in [3.05, 3.63) is 271 Å². The van der Waals surface area contributed by atoms with Gasteiger partial charge in [-0.2, -0.15) is 0 Å². The van der Waals surface area contributed by atoms with E-state index in [4.69, 9.17) is 30.6 Å². The summed E-state index contributed by atoms with van der Waals surface area (Å²) in [5.41, 5.74) is 0.361. The Balaban J connectivity index is -0.000000410. The van der Waals surface area contributed by atoms with E-state index in [-0.39, 0.29) is 102 Å². The molecule has 0 atom stereocenters. The van der Waals surface area contributed by atoms with Gasteiger partial charge in [0.15, 0.2) is 0 Å². The second kappa shape index (κ2) is 36.1. The molecule has 12 N–H and O–H groups in total. The third-order valence-electron chi connectivity index (χ3n) is 8.10. The van der Waals surface area contributed by atoms with Gasteiger partial charge in [0, 0.05) is 49.6 Å². The second-order valence-electron chi connectivity index (χ2n) is 12.7. The predicted molar refractivity (Wildman–Crippen MR) is 241 cm³/mol. The number of hydrogen-bond acceptors (Lipinski definition) is 22. The van der Waals surface area contributed by atoms with Crippen LogP contribution in [-0.4, -0.2) is 92.4 Å². The van der Waals surface area contributed by atoms with Crippen LogP contribution in [0.1, 0.15) is 45.6 Å². The van der Waals surface area contributed by atoms with E-state index in [1.807, 2.05) is 0 Å². The summed E-state index contributed by atoms with van der Waals surface area (Å²) in [5, 5.41) is 116. The van der Waals surface area contributed by atoms with Gasteiger partial charge in [0.1, 0.15) is 0 Å². The van der Waals surface area contributed by atoms with Gasteiger partial charge in [0.25, 0.3) is 0 Å². The summed E-state index contributed by atoms with van der Waals surface area (Å²) in [4.78, 5) is 47.1. The van der Waals surface area contributed by atoms with Gasteiger partial charge in [0.05, 0.1) is 78.9 Å². The summed E-state index contributed by atoms with van der Waals surface area (Å²) in [6.07, 6.45) is 11.7. The third kappa shape index (κ3) is 23.6. The maximum Gasteiger partial charge on any atom is 3.00 e. The second-order valence-corrected chi connectivity index (χ2v) is 12.7. The Bertz CT molecular complexity index is 2130. The third-order valence-corrected chi connectivity index (χ3v) is 8.10. The van der Waals surface area contributed by atoms with Crippen LogP contribution in [0.2, 0.25) is 0 Å². The fourth-order valence-electron chi connectivity index (χ4n) is 5.03.